The summed E-state index contributed by atoms with van der Waals surface area (Å²) >= 11 is 0. The quantitative estimate of drug-likeness (QED) is 0.185. The molecule has 4 aromatic carbocycles. The van der Waals surface area contributed by atoms with Gasteiger partial charge in [0.2, 0.25) is 11.8 Å². The third kappa shape index (κ3) is 8.45. The molecule has 2 atom stereocenters. The largest absolute Gasteiger partial charge is 0.497 e. The Bertz CT molecular complexity index is 1680. The van der Waals surface area contributed by atoms with Gasteiger partial charge in [-0.05, 0) is 60.9 Å². The maximum atomic E-state index is 14.6. The van der Waals surface area contributed by atoms with Crippen LogP contribution >= 0.6 is 0 Å². The number of hydrogen-bond acceptors (Lipinski definition) is 6. The van der Waals surface area contributed by atoms with Crippen LogP contribution in [0.5, 0.6) is 11.5 Å². The molecule has 1 N–H and O–H groups in total. The second-order valence-corrected chi connectivity index (χ2v) is 12.8. The van der Waals surface area contributed by atoms with E-state index in [1.807, 2.05) is 74.5 Å². The molecule has 0 saturated heterocycles. The summed E-state index contributed by atoms with van der Waals surface area (Å²) < 4.78 is 40.4. The average Bonchev–Trinajstić information content (AvgIpc) is 3.09. The van der Waals surface area contributed by atoms with Crippen molar-refractivity contribution in [2.75, 3.05) is 25.1 Å². The molecule has 4 aromatic rings. The Labute approximate surface area is 271 Å². The molecule has 0 aromatic heterocycles. The Kier molecular flexibility index (Phi) is 11.8. The van der Waals surface area contributed by atoms with Crippen LogP contribution in [0.1, 0.15) is 31.4 Å². The van der Waals surface area contributed by atoms with Gasteiger partial charge in [-0.25, -0.2) is 8.42 Å². The minimum Gasteiger partial charge on any atom is -0.497 e. The van der Waals surface area contributed by atoms with Crippen molar-refractivity contribution in [2.24, 2.45) is 0 Å². The molecule has 0 aliphatic carbocycles. The third-order valence-corrected chi connectivity index (χ3v) is 9.52. The summed E-state index contributed by atoms with van der Waals surface area (Å²) in [6, 6.07) is 30.3. The Morgan fingerprint density at radius 2 is 1.37 bits per heavy atom. The SMILES string of the molecule is CC[C@H](C)NC(=O)[C@@H](Cc1ccccc1)N(Cc1ccccc1)C(=O)CN(c1ccccc1OC)S(=O)(=O)c1ccc(OC)cc1. The van der Waals surface area contributed by atoms with Crippen molar-refractivity contribution in [3.05, 3.63) is 120 Å². The fraction of sp³-hybridized carbons (Fsp3) is 0.278. The van der Waals surface area contributed by atoms with E-state index in [4.69, 9.17) is 9.47 Å². The molecule has 0 saturated carbocycles. The molecule has 0 aliphatic heterocycles. The van der Waals surface area contributed by atoms with Gasteiger partial charge >= 0.3 is 0 Å². The number of carbonyl (C=O) groups is 2. The highest BCUT2D eigenvalue weighted by molar-refractivity contribution is 7.92. The third-order valence-electron chi connectivity index (χ3n) is 7.75. The van der Waals surface area contributed by atoms with Crippen LogP contribution in [0.2, 0.25) is 0 Å². The molecule has 0 unspecified atom stereocenters. The molecule has 0 radical (unpaired) electrons. The zero-order valence-electron chi connectivity index (χ0n) is 26.6. The van der Waals surface area contributed by atoms with Crippen LogP contribution < -0.4 is 19.1 Å². The lowest BCUT2D eigenvalue weighted by atomic mass is 10.0. The van der Waals surface area contributed by atoms with E-state index in [1.54, 1.807) is 36.4 Å². The zero-order chi connectivity index (χ0) is 33.1. The molecule has 9 nitrogen and oxygen atoms in total. The molecular formula is C36H41N3O6S. The molecule has 0 spiro atoms. The predicted molar refractivity (Wildman–Crippen MR) is 179 cm³/mol. The number of benzene rings is 4. The summed E-state index contributed by atoms with van der Waals surface area (Å²) in [5.74, 6) is -0.0993. The number of carbonyl (C=O) groups excluding carboxylic acids is 2. The molecule has 10 heteroatoms. The van der Waals surface area contributed by atoms with Gasteiger partial charge in [0.15, 0.2) is 0 Å². The summed E-state index contributed by atoms with van der Waals surface area (Å²) in [5, 5.41) is 3.04. The van der Waals surface area contributed by atoms with E-state index in [0.717, 1.165) is 15.4 Å². The number of ether oxygens (including phenoxy) is 2. The highest BCUT2D eigenvalue weighted by atomic mass is 32.2. The number of para-hydroxylation sites is 2. The maximum Gasteiger partial charge on any atom is 0.264 e. The fourth-order valence-electron chi connectivity index (χ4n) is 5.00. The van der Waals surface area contributed by atoms with Crippen molar-refractivity contribution in [3.63, 3.8) is 0 Å². The van der Waals surface area contributed by atoms with Crippen LogP contribution in [0.25, 0.3) is 0 Å². The van der Waals surface area contributed by atoms with Gasteiger partial charge in [0.1, 0.15) is 24.1 Å². The highest BCUT2D eigenvalue weighted by Gasteiger charge is 2.35. The summed E-state index contributed by atoms with van der Waals surface area (Å²) in [6.07, 6.45) is 0.944. The average molecular weight is 644 g/mol. The minimum atomic E-state index is -4.29. The van der Waals surface area contributed by atoms with Gasteiger partial charge in [0, 0.05) is 19.0 Å². The minimum absolute atomic E-state index is 0.0306. The van der Waals surface area contributed by atoms with E-state index in [-0.39, 0.29) is 41.2 Å². The Balaban J connectivity index is 1.82. The highest BCUT2D eigenvalue weighted by Crippen LogP contribution is 2.33. The lowest BCUT2D eigenvalue weighted by Crippen LogP contribution is -2.54. The van der Waals surface area contributed by atoms with Gasteiger partial charge in [-0.1, -0.05) is 79.7 Å². The van der Waals surface area contributed by atoms with Crippen molar-refractivity contribution in [2.45, 2.75) is 50.2 Å². The van der Waals surface area contributed by atoms with Crippen LogP contribution in [0.3, 0.4) is 0 Å². The van der Waals surface area contributed by atoms with Crippen molar-refractivity contribution < 1.29 is 27.5 Å². The summed E-state index contributed by atoms with van der Waals surface area (Å²) in [7, 11) is -1.36. The fourth-order valence-corrected chi connectivity index (χ4v) is 6.42. The maximum absolute atomic E-state index is 14.6. The van der Waals surface area contributed by atoms with Crippen molar-refractivity contribution >= 4 is 27.5 Å². The van der Waals surface area contributed by atoms with E-state index in [0.29, 0.717) is 12.2 Å². The first-order chi connectivity index (χ1) is 22.2. The van der Waals surface area contributed by atoms with E-state index in [2.05, 4.69) is 5.32 Å². The molecular weight excluding hydrogens is 602 g/mol. The van der Waals surface area contributed by atoms with Gasteiger partial charge in [-0.2, -0.15) is 0 Å². The Hall–Kier alpha value is -4.83. The number of nitrogens with zero attached hydrogens (tertiary/aromatic N) is 2. The van der Waals surface area contributed by atoms with Gasteiger partial charge in [0.05, 0.1) is 24.8 Å². The molecule has 242 valence electrons. The van der Waals surface area contributed by atoms with E-state index in [1.165, 1.54) is 31.3 Å². The first kappa shape index (κ1) is 34.1. The molecule has 0 fully saturated rings. The van der Waals surface area contributed by atoms with Gasteiger partial charge < -0.3 is 19.7 Å². The Morgan fingerprint density at radius 3 is 1.96 bits per heavy atom. The first-order valence-electron chi connectivity index (χ1n) is 15.1. The summed E-state index contributed by atoms with van der Waals surface area (Å²) in [5.41, 5.74) is 1.86. The van der Waals surface area contributed by atoms with Crippen LogP contribution in [-0.4, -0.2) is 58.0 Å². The monoisotopic (exact) mass is 643 g/mol. The van der Waals surface area contributed by atoms with Crippen LogP contribution in [0.15, 0.2) is 114 Å². The smallest absolute Gasteiger partial charge is 0.264 e. The Morgan fingerprint density at radius 1 is 0.783 bits per heavy atom. The molecule has 0 aliphatic rings. The number of rotatable bonds is 15. The number of sulfonamides is 1. The number of methoxy groups -OCH3 is 2. The van der Waals surface area contributed by atoms with Crippen molar-refractivity contribution in [3.8, 4) is 11.5 Å². The van der Waals surface area contributed by atoms with Crippen molar-refractivity contribution in [1.29, 1.82) is 0 Å². The lowest BCUT2D eigenvalue weighted by Gasteiger charge is -2.34. The predicted octanol–water partition coefficient (Wildman–Crippen LogP) is 5.45. The molecule has 0 bridgehead atoms. The topological polar surface area (TPSA) is 105 Å². The van der Waals surface area contributed by atoms with Gasteiger partial charge in [-0.15, -0.1) is 0 Å². The first-order valence-corrected chi connectivity index (χ1v) is 16.6. The van der Waals surface area contributed by atoms with Crippen LogP contribution in [0.4, 0.5) is 5.69 Å². The van der Waals surface area contributed by atoms with E-state index < -0.39 is 28.5 Å². The number of hydrogen-bond donors (Lipinski definition) is 1. The van der Waals surface area contributed by atoms with Gasteiger partial charge in [-0.3, -0.25) is 13.9 Å². The lowest BCUT2D eigenvalue weighted by molar-refractivity contribution is -0.140. The molecule has 4 rings (SSSR count). The number of amides is 2. The standard InChI is InChI=1S/C36H41N3O6S/c1-5-27(2)37-36(41)33(24-28-14-8-6-9-15-28)38(25-29-16-10-7-11-17-29)35(40)26-39(32-18-12-13-19-34(32)45-4)46(42,43)31-22-20-30(44-3)21-23-31/h6-23,27,33H,5,24-26H2,1-4H3,(H,37,41)/t27-,33+/m0/s1. The van der Waals surface area contributed by atoms with Crippen LogP contribution in [0, 0.1) is 0 Å². The number of nitrogens with one attached hydrogen (secondary N) is 1. The molecule has 2 amide bonds. The summed E-state index contributed by atoms with van der Waals surface area (Å²) in [4.78, 5) is 29.9. The normalized spacial score (nSPS) is 12.4. The van der Waals surface area contributed by atoms with E-state index in [9.17, 15) is 18.0 Å². The molecule has 46 heavy (non-hydrogen) atoms. The van der Waals surface area contributed by atoms with Gasteiger partial charge in [0.25, 0.3) is 10.0 Å². The van der Waals surface area contributed by atoms with Crippen molar-refractivity contribution in [1.82, 2.24) is 10.2 Å². The van der Waals surface area contributed by atoms with E-state index >= 15 is 0 Å². The zero-order valence-corrected chi connectivity index (χ0v) is 27.4. The number of anilines is 1. The van der Waals surface area contributed by atoms with Crippen LogP contribution in [-0.2, 0) is 32.6 Å². The second kappa shape index (κ2) is 15.9. The summed E-state index contributed by atoms with van der Waals surface area (Å²) in [6.45, 7) is 3.39. The second-order valence-electron chi connectivity index (χ2n) is 10.9. The molecule has 0 heterocycles.